The van der Waals surface area contributed by atoms with E-state index in [2.05, 4.69) is 24.1 Å². The normalized spacial score (nSPS) is 20.5. The van der Waals surface area contributed by atoms with E-state index in [4.69, 9.17) is 0 Å². The van der Waals surface area contributed by atoms with Gasteiger partial charge in [-0.15, -0.1) is 0 Å². The van der Waals surface area contributed by atoms with Crippen LogP contribution in [0, 0.1) is 5.41 Å². The lowest BCUT2D eigenvalue weighted by Crippen LogP contribution is -2.41. The van der Waals surface area contributed by atoms with Gasteiger partial charge < -0.3 is 10.2 Å². The summed E-state index contributed by atoms with van der Waals surface area (Å²) in [7, 11) is 2.04. The summed E-state index contributed by atoms with van der Waals surface area (Å²) in [6.45, 7) is 9.67. The number of nitrogens with one attached hydrogen (secondary N) is 1. The van der Waals surface area contributed by atoms with Crippen LogP contribution in [0.15, 0.2) is 0 Å². The van der Waals surface area contributed by atoms with Crippen LogP contribution in [0.5, 0.6) is 0 Å². The fourth-order valence-electron chi connectivity index (χ4n) is 2.26. The van der Waals surface area contributed by atoms with E-state index in [9.17, 15) is 0 Å². The van der Waals surface area contributed by atoms with Gasteiger partial charge in [0.05, 0.1) is 0 Å². The molecule has 0 spiro atoms. The minimum Gasteiger partial charge on any atom is -0.319 e. The van der Waals surface area contributed by atoms with Gasteiger partial charge in [0.1, 0.15) is 0 Å². The van der Waals surface area contributed by atoms with Crippen molar-refractivity contribution < 1.29 is 0 Å². The van der Waals surface area contributed by atoms with E-state index in [1.807, 2.05) is 7.05 Å². The summed E-state index contributed by atoms with van der Waals surface area (Å²) in [5, 5.41) is 3.27. The first-order valence-electron chi connectivity index (χ1n) is 5.51. The predicted molar refractivity (Wildman–Crippen MR) is 58.0 cm³/mol. The van der Waals surface area contributed by atoms with Crippen molar-refractivity contribution >= 4 is 0 Å². The molecule has 0 radical (unpaired) electrons. The first-order chi connectivity index (χ1) is 6.14. The van der Waals surface area contributed by atoms with Crippen LogP contribution in [0.25, 0.3) is 0 Å². The Hall–Kier alpha value is -0.0800. The summed E-state index contributed by atoms with van der Waals surface area (Å²) >= 11 is 0. The molecule has 1 aliphatic heterocycles. The smallest absolute Gasteiger partial charge is 0.00448 e. The second-order valence-corrected chi connectivity index (χ2v) is 5.03. The highest BCUT2D eigenvalue weighted by Gasteiger charge is 2.21. The zero-order valence-corrected chi connectivity index (χ0v) is 9.40. The maximum atomic E-state index is 3.27. The standard InChI is InChI=1S/C11H24N2/c1-11(2,9-12-3)10-13-7-5-4-6-8-13/h12H,4-10H2,1-3H3. The van der Waals surface area contributed by atoms with E-state index >= 15 is 0 Å². The maximum Gasteiger partial charge on any atom is 0.00448 e. The Labute approximate surface area is 82.7 Å². The van der Waals surface area contributed by atoms with Gasteiger partial charge >= 0.3 is 0 Å². The van der Waals surface area contributed by atoms with E-state index in [-0.39, 0.29) is 0 Å². The van der Waals surface area contributed by atoms with E-state index in [1.165, 1.54) is 38.9 Å². The van der Waals surface area contributed by atoms with E-state index < -0.39 is 0 Å². The highest BCUT2D eigenvalue weighted by atomic mass is 15.1. The number of hydrogen-bond acceptors (Lipinski definition) is 2. The van der Waals surface area contributed by atoms with Gasteiger partial charge in [-0.3, -0.25) is 0 Å². The average molecular weight is 184 g/mol. The monoisotopic (exact) mass is 184 g/mol. The molecule has 0 saturated carbocycles. The van der Waals surface area contributed by atoms with Crippen molar-refractivity contribution in [2.75, 3.05) is 33.2 Å². The molecule has 13 heavy (non-hydrogen) atoms. The quantitative estimate of drug-likeness (QED) is 0.715. The molecule has 0 bridgehead atoms. The van der Waals surface area contributed by atoms with E-state index in [1.54, 1.807) is 0 Å². The van der Waals surface area contributed by atoms with Crippen molar-refractivity contribution in [3.63, 3.8) is 0 Å². The zero-order valence-electron chi connectivity index (χ0n) is 9.40. The van der Waals surface area contributed by atoms with Crippen LogP contribution in [-0.2, 0) is 0 Å². The van der Waals surface area contributed by atoms with Gasteiger partial charge in [-0.05, 0) is 38.4 Å². The Morgan fingerprint density at radius 1 is 1.15 bits per heavy atom. The van der Waals surface area contributed by atoms with Crippen LogP contribution < -0.4 is 5.32 Å². The third-order valence-corrected chi connectivity index (χ3v) is 2.76. The van der Waals surface area contributed by atoms with Crippen LogP contribution in [0.2, 0.25) is 0 Å². The van der Waals surface area contributed by atoms with Crippen molar-refractivity contribution in [3.05, 3.63) is 0 Å². The lowest BCUT2D eigenvalue weighted by molar-refractivity contribution is 0.152. The van der Waals surface area contributed by atoms with Gasteiger partial charge in [0.2, 0.25) is 0 Å². The molecule has 1 N–H and O–H groups in total. The summed E-state index contributed by atoms with van der Waals surface area (Å²) in [4.78, 5) is 2.61. The molecule has 0 amide bonds. The Morgan fingerprint density at radius 3 is 2.31 bits per heavy atom. The topological polar surface area (TPSA) is 15.3 Å². The Morgan fingerprint density at radius 2 is 1.77 bits per heavy atom. The van der Waals surface area contributed by atoms with Crippen molar-refractivity contribution in [3.8, 4) is 0 Å². The Bertz CT molecular complexity index is 137. The molecule has 1 saturated heterocycles. The first kappa shape index (κ1) is 11.0. The van der Waals surface area contributed by atoms with Crippen molar-refractivity contribution in [1.82, 2.24) is 10.2 Å². The van der Waals surface area contributed by atoms with Gasteiger partial charge in [-0.2, -0.15) is 0 Å². The molecule has 0 unspecified atom stereocenters. The molecule has 1 heterocycles. The summed E-state index contributed by atoms with van der Waals surface area (Å²) in [6, 6.07) is 0. The molecule has 0 aliphatic carbocycles. The van der Waals surface area contributed by atoms with Crippen LogP contribution in [-0.4, -0.2) is 38.1 Å². The Balaban J connectivity index is 2.28. The highest BCUT2D eigenvalue weighted by Crippen LogP contribution is 2.18. The van der Waals surface area contributed by atoms with E-state index in [0.717, 1.165) is 6.54 Å². The lowest BCUT2D eigenvalue weighted by atomic mass is 9.92. The number of nitrogens with zero attached hydrogens (tertiary/aromatic N) is 1. The second kappa shape index (κ2) is 4.97. The molecule has 2 nitrogen and oxygen atoms in total. The Kier molecular flexibility index (Phi) is 4.20. The maximum absolute atomic E-state index is 3.27. The molecule has 0 aromatic carbocycles. The van der Waals surface area contributed by atoms with Gasteiger partial charge in [0, 0.05) is 13.1 Å². The third kappa shape index (κ3) is 4.10. The second-order valence-electron chi connectivity index (χ2n) is 5.03. The number of hydrogen-bond donors (Lipinski definition) is 1. The largest absolute Gasteiger partial charge is 0.319 e. The van der Waals surface area contributed by atoms with Crippen molar-refractivity contribution in [2.45, 2.75) is 33.1 Å². The minimum atomic E-state index is 0.423. The average Bonchev–Trinajstić information content (AvgIpc) is 2.04. The lowest BCUT2D eigenvalue weighted by Gasteiger charge is -2.34. The summed E-state index contributed by atoms with van der Waals surface area (Å²) < 4.78 is 0. The SMILES string of the molecule is CNCC(C)(C)CN1CCCCC1. The predicted octanol–water partition coefficient (Wildman–Crippen LogP) is 1.72. The molecular weight excluding hydrogens is 160 g/mol. The molecule has 1 fully saturated rings. The van der Waals surface area contributed by atoms with Gasteiger partial charge in [-0.1, -0.05) is 20.3 Å². The molecule has 1 aliphatic rings. The van der Waals surface area contributed by atoms with E-state index in [0.29, 0.717) is 5.41 Å². The van der Waals surface area contributed by atoms with Gasteiger partial charge in [0.25, 0.3) is 0 Å². The van der Waals surface area contributed by atoms with Gasteiger partial charge in [-0.25, -0.2) is 0 Å². The molecule has 0 aromatic rings. The molecular formula is C11H24N2. The molecule has 1 rings (SSSR count). The van der Waals surface area contributed by atoms with Gasteiger partial charge in [0.15, 0.2) is 0 Å². The summed E-state index contributed by atoms with van der Waals surface area (Å²) in [5.74, 6) is 0. The minimum absolute atomic E-state index is 0.423. The zero-order chi connectivity index (χ0) is 9.73. The third-order valence-electron chi connectivity index (χ3n) is 2.76. The van der Waals surface area contributed by atoms with Crippen LogP contribution >= 0.6 is 0 Å². The molecule has 0 aromatic heterocycles. The molecule has 78 valence electrons. The summed E-state index contributed by atoms with van der Waals surface area (Å²) in [6.07, 6.45) is 4.23. The fraction of sp³-hybridized carbons (Fsp3) is 1.00. The fourth-order valence-corrected chi connectivity index (χ4v) is 2.26. The van der Waals surface area contributed by atoms with Crippen LogP contribution in [0.1, 0.15) is 33.1 Å². The molecule has 2 heteroatoms. The van der Waals surface area contributed by atoms with Crippen LogP contribution in [0.4, 0.5) is 0 Å². The van der Waals surface area contributed by atoms with Crippen molar-refractivity contribution in [2.24, 2.45) is 5.41 Å². The van der Waals surface area contributed by atoms with Crippen LogP contribution in [0.3, 0.4) is 0 Å². The van der Waals surface area contributed by atoms with Crippen molar-refractivity contribution in [1.29, 1.82) is 0 Å². The molecule has 0 atom stereocenters. The number of piperidine rings is 1. The number of rotatable bonds is 4. The number of likely N-dealkylation sites (tertiary alicyclic amines) is 1. The first-order valence-corrected chi connectivity index (χ1v) is 5.51. The highest BCUT2D eigenvalue weighted by molar-refractivity contribution is 4.77. The summed E-state index contributed by atoms with van der Waals surface area (Å²) in [5.41, 5.74) is 0.423.